The number of carbonyl (C=O) groups excluding carboxylic acids is 1. The highest BCUT2D eigenvalue weighted by Crippen LogP contribution is 2.34. The van der Waals surface area contributed by atoms with E-state index in [9.17, 15) is 4.79 Å². The lowest BCUT2D eigenvalue weighted by atomic mass is 10.1. The third-order valence-corrected chi connectivity index (χ3v) is 5.87. The second kappa shape index (κ2) is 9.10. The highest BCUT2D eigenvalue weighted by Gasteiger charge is 2.19. The number of rotatable bonds is 6. The maximum absolute atomic E-state index is 12.9. The van der Waals surface area contributed by atoms with Gasteiger partial charge in [-0.1, -0.05) is 66.7 Å². The normalized spacial score (nSPS) is 13.8. The summed E-state index contributed by atoms with van der Waals surface area (Å²) < 4.78 is 0. The Labute approximate surface area is 187 Å². The first-order chi connectivity index (χ1) is 15.8. The number of nitrogens with one attached hydrogen (secondary N) is 2. The number of carbonyl (C=O) groups is 1. The average Bonchev–Trinajstić information content (AvgIpc) is 3.48. The summed E-state index contributed by atoms with van der Waals surface area (Å²) in [5.74, 6) is -0.0131. The molecule has 32 heavy (non-hydrogen) atoms. The van der Waals surface area contributed by atoms with Crippen LogP contribution in [0.4, 0.5) is 11.4 Å². The molecule has 0 bridgehead atoms. The fourth-order valence-corrected chi connectivity index (χ4v) is 4.24. The van der Waals surface area contributed by atoms with Crippen LogP contribution in [-0.4, -0.2) is 29.2 Å². The van der Waals surface area contributed by atoms with Crippen LogP contribution in [-0.2, 0) is 11.2 Å². The molecule has 1 saturated heterocycles. The number of hydrogen-bond acceptors (Lipinski definition) is 3. The van der Waals surface area contributed by atoms with Gasteiger partial charge >= 0.3 is 0 Å². The van der Waals surface area contributed by atoms with Gasteiger partial charge in [-0.15, -0.1) is 0 Å². The molecule has 1 fully saturated rings. The zero-order valence-electron chi connectivity index (χ0n) is 17.9. The van der Waals surface area contributed by atoms with E-state index in [1.807, 2.05) is 54.6 Å². The fraction of sp³-hybridized carbons (Fsp3) is 0.185. The zero-order valence-corrected chi connectivity index (χ0v) is 17.9. The number of fused-ring (bicyclic) bond motifs is 1. The Hall–Kier alpha value is -3.86. The van der Waals surface area contributed by atoms with E-state index in [-0.39, 0.29) is 5.91 Å². The molecule has 5 nitrogen and oxygen atoms in total. The summed E-state index contributed by atoms with van der Waals surface area (Å²) in [6.45, 7) is 2.00. The molecule has 2 N–H and O–H groups in total. The van der Waals surface area contributed by atoms with Gasteiger partial charge in [-0.05, 0) is 42.2 Å². The molecule has 0 aliphatic carbocycles. The van der Waals surface area contributed by atoms with Crippen LogP contribution in [0, 0.1) is 0 Å². The van der Waals surface area contributed by atoms with Gasteiger partial charge in [0.15, 0.2) is 0 Å². The summed E-state index contributed by atoms with van der Waals surface area (Å²) in [7, 11) is 0. The minimum Gasteiger partial charge on any atom is -0.370 e. The predicted octanol–water partition coefficient (Wildman–Crippen LogP) is 5.51. The monoisotopic (exact) mass is 422 g/mol. The third-order valence-electron chi connectivity index (χ3n) is 5.87. The molecule has 0 radical (unpaired) electrons. The summed E-state index contributed by atoms with van der Waals surface area (Å²) >= 11 is 0. The molecule has 4 aromatic rings. The Morgan fingerprint density at radius 1 is 0.969 bits per heavy atom. The van der Waals surface area contributed by atoms with E-state index in [0.717, 1.165) is 52.2 Å². The maximum atomic E-state index is 12.9. The average molecular weight is 423 g/mol. The smallest absolute Gasteiger partial charge is 0.228 e. The molecule has 2 heterocycles. The Balaban J connectivity index is 1.47. The van der Waals surface area contributed by atoms with Crippen molar-refractivity contribution >= 4 is 40.3 Å². The molecule has 1 aromatic heterocycles. The van der Waals surface area contributed by atoms with Crippen LogP contribution in [0.2, 0.25) is 0 Å². The van der Waals surface area contributed by atoms with Crippen LogP contribution in [0.1, 0.15) is 29.7 Å². The standard InChI is InChI=1S/C27H26N4O/c32-27(17-21-11-5-2-6-12-21)28-25-18-22-23(14-13-20-9-3-1-4-10-20)29-30-24(22)19-26(25)31-15-7-8-16-31/h1-6,9-14,18-19H,7-8,15-17H2,(H,28,32)(H,29,30). The summed E-state index contributed by atoms with van der Waals surface area (Å²) in [6, 6.07) is 24.2. The third kappa shape index (κ3) is 4.42. The van der Waals surface area contributed by atoms with Crippen molar-refractivity contribution in [1.82, 2.24) is 10.2 Å². The summed E-state index contributed by atoms with van der Waals surface area (Å²) in [4.78, 5) is 15.2. The van der Waals surface area contributed by atoms with Crippen LogP contribution in [0.3, 0.4) is 0 Å². The SMILES string of the molecule is O=C(Cc1ccccc1)Nc1cc2c(C=Cc3ccccc3)n[nH]c2cc1N1CCCC1. The minimum absolute atomic E-state index is 0.0131. The molecule has 0 atom stereocenters. The van der Waals surface area contributed by atoms with Gasteiger partial charge in [0.1, 0.15) is 0 Å². The Kier molecular flexibility index (Phi) is 5.71. The van der Waals surface area contributed by atoms with Crippen molar-refractivity contribution < 1.29 is 4.79 Å². The van der Waals surface area contributed by atoms with Crippen LogP contribution >= 0.6 is 0 Å². The molecular weight excluding hydrogens is 396 g/mol. The molecule has 0 spiro atoms. The van der Waals surface area contributed by atoms with E-state index >= 15 is 0 Å². The van der Waals surface area contributed by atoms with Crippen molar-refractivity contribution in [1.29, 1.82) is 0 Å². The maximum Gasteiger partial charge on any atom is 0.228 e. The first kappa shape index (κ1) is 20.1. The molecule has 160 valence electrons. The lowest BCUT2D eigenvalue weighted by molar-refractivity contribution is -0.115. The number of amides is 1. The zero-order chi connectivity index (χ0) is 21.8. The van der Waals surface area contributed by atoms with Crippen molar-refractivity contribution in [2.24, 2.45) is 0 Å². The molecule has 5 rings (SSSR count). The lowest BCUT2D eigenvalue weighted by Gasteiger charge is -2.22. The first-order valence-electron chi connectivity index (χ1n) is 11.1. The highest BCUT2D eigenvalue weighted by atomic mass is 16.1. The predicted molar refractivity (Wildman–Crippen MR) is 132 cm³/mol. The summed E-state index contributed by atoms with van der Waals surface area (Å²) in [5, 5.41) is 11.9. The largest absolute Gasteiger partial charge is 0.370 e. The van der Waals surface area contributed by atoms with E-state index in [1.54, 1.807) is 0 Å². The van der Waals surface area contributed by atoms with Crippen molar-refractivity contribution in [3.05, 3.63) is 89.6 Å². The molecule has 1 amide bonds. The molecule has 1 aliphatic rings. The Bertz CT molecular complexity index is 1240. The second-order valence-electron chi connectivity index (χ2n) is 8.17. The van der Waals surface area contributed by atoms with Gasteiger partial charge in [0.25, 0.3) is 0 Å². The van der Waals surface area contributed by atoms with Gasteiger partial charge in [-0.25, -0.2) is 0 Å². The van der Waals surface area contributed by atoms with Gasteiger partial charge in [-0.2, -0.15) is 5.10 Å². The molecule has 0 saturated carbocycles. The molecule has 3 aromatic carbocycles. The van der Waals surface area contributed by atoms with E-state index in [1.165, 1.54) is 12.8 Å². The number of H-pyrrole nitrogens is 1. The molecule has 5 heteroatoms. The van der Waals surface area contributed by atoms with Crippen LogP contribution in [0.15, 0.2) is 72.8 Å². The first-order valence-corrected chi connectivity index (χ1v) is 11.1. The van der Waals surface area contributed by atoms with E-state index < -0.39 is 0 Å². The molecular formula is C27H26N4O. The Morgan fingerprint density at radius 3 is 2.44 bits per heavy atom. The lowest BCUT2D eigenvalue weighted by Crippen LogP contribution is -2.22. The number of hydrogen-bond donors (Lipinski definition) is 2. The van der Waals surface area contributed by atoms with Gasteiger partial charge in [0, 0.05) is 18.5 Å². The van der Waals surface area contributed by atoms with Gasteiger partial charge in [0.05, 0.1) is 29.0 Å². The van der Waals surface area contributed by atoms with Gasteiger partial charge in [0.2, 0.25) is 5.91 Å². The van der Waals surface area contributed by atoms with Crippen LogP contribution in [0.5, 0.6) is 0 Å². The van der Waals surface area contributed by atoms with E-state index in [4.69, 9.17) is 0 Å². The topological polar surface area (TPSA) is 61.0 Å². The minimum atomic E-state index is -0.0131. The van der Waals surface area contributed by atoms with Crippen LogP contribution in [0.25, 0.3) is 23.1 Å². The Morgan fingerprint density at radius 2 is 1.69 bits per heavy atom. The van der Waals surface area contributed by atoms with E-state index in [2.05, 4.69) is 50.8 Å². The van der Waals surface area contributed by atoms with Gasteiger partial charge in [-0.3, -0.25) is 9.89 Å². The van der Waals surface area contributed by atoms with E-state index in [0.29, 0.717) is 6.42 Å². The van der Waals surface area contributed by atoms with Crippen molar-refractivity contribution in [3.8, 4) is 0 Å². The fourth-order valence-electron chi connectivity index (χ4n) is 4.24. The second-order valence-corrected chi connectivity index (χ2v) is 8.17. The number of anilines is 2. The molecule has 0 unspecified atom stereocenters. The number of benzene rings is 3. The molecule has 1 aliphatic heterocycles. The number of nitrogens with zero attached hydrogens (tertiary/aromatic N) is 2. The quantitative estimate of drug-likeness (QED) is 0.430. The van der Waals surface area contributed by atoms with Crippen molar-refractivity contribution in [2.45, 2.75) is 19.3 Å². The van der Waals surface area contributed by atoms with Crippen LogP contribution < -0.4 is 10.2 Å². The summed E-state index contributed by atoms with van der Waals surface area (Å²) in [5.41, 5.74) is 5.85. The van der Waals surface area contributed by atoms with Gasteiger partial charge < -0.3 is 10.2 Å². The number of aromatic amines is 1. The van der Waals surface area contributed by atoms with Crippen molar-refractivity contribution in [3.63, 3.8) is 0 Å². The summed E-state index contributed by atoms with van der Waals surface area (Å²) in [6.07, 6.45) is 6.76. The van der Waals surface area contributed by atoms with Crippen molar-refractivity contribution in [2.75, 3.05) is 23.3 Å². The number of aromatic nitrogens is 2. The highest BCUT2D eigenvalue weighted by molar-refractivity contribution is 6.02.